The number of hydrogen-bond acceptors (Lipinski definition) is 2. The van der Waals surface area contributed by atoms with Crippen LogP contribution in [0.25, 0.3) is 10.9 Å². The minimum Gasteiger partial charge on any atom is -0.478 e. The lowest BCUT2D eigenvalue weighted by Crippen LogP contribution is -2.20. The number of aryl methyl sites for hydroxylation is 1. The first-order chi connectivity index (χ1) is 10.0. The third kappa shape index (κ3) is 2.21. The highest BCUT2D eigenvalue weighted by atomic mass is 16.4. The molecular weight excluding hydrogens is 262 g/mol. The first kappa shape index (κ1) is 14.1. The number of aromatic nitrogens is 1. The molecule has 1 heterocycles. The van der Waals surface area contributed by atoms with E-state index in [1.165, 1.54) is 0 Å². The fourth-order valence-corrected chi connectivity index (χ4v) is 3.58. The molecular formula is C18H21NO2. The Kier molecular flexibility index (Phi) is 3.44. The number of rotatable bonds is 2. The number of carboxylic acid groups (broad SMARTS) is 1. The quantitative estimate of drug-likeness (QED) is 0.893. The van der Waals surface area contributed by atoms with Crippen molar-refractivity contribution in [3.05, 3.63) is 40.6 Å². The van der Waals surface area contributed by atoms with Crippen LogP contribution in [0.5, 0.6) is 0 Å². The van der Waals surface area contributed by atoms with E-state index in [2.05, 4.69) is 13.8 Å². The van der Waals surface area contributed by atoms with Gasteiger partial charge in [-0.2, -0.15) is 0 Å². The average Bonchev–Trinajstić information content (AvgIpc) is 2.44. The van der Waals surface area contributed by atoms with Crippen molar-refractivity contribution in [2.24, 2.45) is 5.92 Å². The summed E-state index contributed by atoms with van der Waals surface area (Å²) in [5.74, 6) is 0.0316. The molecule has 21 heavy (non-hydrogen) atoms. The minimum absolute atomic E-state index is 0.371. The van der Waals surface area contributed by atoms with Gasteiger partial charge in [0.2, 0.25) is 0 Å². The summed E-state index contributed by atoms with van der Waals surface area (Å²) < 4.78 is 0. The first-order valence-electron chi connectivity index (χ1n) is 7.66. The SMILES string of the molecule is Cc1cccc2c(C(=O)O)c3c(nc12)C(C(C)C)CCC3. The van der Waals surface area contributed by atoms with Gasteiger partial charge in [0.25, 0.3) is 0 Å². The fourth-order valence-electron chi connectivity index (χ4n) is 3.58. The molecule has 0 bridgehead atoms. The van der Waals surface area contributed by atoms with Crippen LogP contribution in [0.15, 0.2) is 18.2 Å². The van der Waals surface area contributed by atoms with Crippen LogP contribution in [0.3, 0.4) is 0 Å². The van der Waals surface area contributed by atoms with Crippen molar-refractivity contribution >= 4 is 16.9 Å². The molecule has 1 aliphatic rings. The number of benzene rings is 1. The summed E-state index contributed by atoms with van der Waals surface area (Å²) in [5.41, 5.74) is 4.36. The summed E-state index contributed by atoms with van der Waals surface area (Å²) in [6.07, 6.45) is 2.99. The maximum absolute atomic E-state index is 11.8. The number of aromatic carboxylic acids is 1. The molecule has 1 aromatic carbocycles. The summed E-state index contributed by atoms with van der Waals surface area (Å²) >= 11 is 0. The number of carboxylic acids is 1. The van der Waals surface area contributed by atoms with E-state index in [0.717, 1.165) is 47.0 Å². The molecule has 0 aliphatic heterocycles. The summed E-state index contributed by atoms with van der Waals surface area (Å²) in [5, 5.41) is 10.5. The van der Waals surface area contributed by atoms with E-state index in [9.17, 15) is 9.90 Å². The molecule has 3 nitrogen and oxygen atoms in total. The second-order valence-electron chi connectivity index (χ2n) is 6.37. The number of hydrogen-bond donors (Lipinski definition) is 1. The van der Waals surface area contributed by atoms with Crippen LogP contribution in [0.2, 0.25) is 0 Å². The predicted octanol–water partition coefficient (Wildman–Crippen LogP) is 4.32. The van der Waals surface area contributed by atoms with Crippen LogP contribution in [0.4, 0.5) is 0 Å². The van der Waals surface area contributed by atoms with Crippen molar-refractivity contribution < 1.29 is 9.90 Å². The molecule has 0 spiro atoms. The van der Waals surface area contributed by atoms with Gasteiger partial charge in [0.1, 0.15) is 0 Å². The normalized spacial score (nSPS) is 18.0. The van der Waals surface area contributed by atoms with E-state index >= 15 is 0 Å². The van der Waals surface area contributed by atoms with Gasteiger partial charge in [-0.25, -0.2) is 4.79 Å². The fraction of sp³-hybridized carbons (Fsp3) is 0.444. The lowest BCUT2D eigenvalue weighted by atomic mass is 9.78. The van der Waals surface area contributed by atoms with Gasteiger partial charge in [0.15, 0.2) is 0 Å². The zero-order chi connectivity index (χ0) is 15.1. The standard InChI is InChI=1S/C18H21NO2/c1-10(2)12-7-5-9-14-15(18(20)21)13-8-4-6-11(3)16(13)19-17(12)14/h4,6,8,10,12H,5,7,9H2,1-3H3,(H,20,21). The largest absolute Gasteiger partial charge is 0.478 e. The van der Waals surface area contributed by atoms with Crippen molar-refractivity contribution in [3.63, 3.8) is 0 Å². The number of nitrogens with zero attached hydrogens (tertiary/aromatic N) is 1. The Hall–Kier alpha value is -1.90. The van der Waals surface area contributed by atoms with Gasteiger partial charge in [-0.1, -0.05) is 32.0 Å². The lowest BCUT2D eigenvalue weighted by Gasteiger charge is -2.29. The van der Waals surface area contributed by atoms with E-state index in [1.807, 2.05) is 25.1 Å². The van der Waals surface area contributed by atoms with Crippen molar-refractivity contribution in [2.45, 2.75) is 46.0 Å². The first-order valence-corrected chi connectivity index (χ1v) is 7.66. The van der Waals surface area contributed by atoms with Crippen molar-refractivity contribution in [1.29, 1.82) is 0 Å². The Morgan fingerprint density at radius 2 is 2.14 bits per heavy atom. The van der Waals surface area contributed by atoms with Gasteiger partial charge in [0.05, 0.1) is 11.1 Å². The van der Waals surface area contributed by atoms with E-state index < -0.39 is 5.97 Å². The molecule has 1 unspecified atom stereocenters. The molecule has 1 aliphatic carbocycles. The highest BCUT2D eigenvalue weighted by molar-refractivity contribution is 6.05. The van der Waals surface area contributed by atoms with Crippen molar-refractivity contribution in [1.82, 2.24) is 4.98 Å². The molecule has 3 heteroatoms. The Morgan fingerprint density at radius 3 is 2.81 bits per heavy atom. The predicted molar refractivity (Wildman–Crippen MR) is 84.0 cm³/mol. The van der Waals surface area contributed by atoms with Crippen LogP contribution < -0.4 is 0 Å². The van der Waals surface area contributed by atoms with Gasteiger partial charge in [-0.05, 0) is 43.2 Å². The third-order valence-corrected chi connectivity index (χ3v) is 4.66. The number of para-hydroxylation sites is 1. The summed E-state index contributed by atoms with van der Waals surface area (Å²) in [7, 11) is 0. The molecule has 0 saturated carbocycles. The van der Waals surface area contributed by atoms with Crippen LogP contribution in [0, 0.1) is 12.8 Å². The molecule has 0 saturated heterocycles. The van der Waals surface area contributed by atoms with E-state index in [0.29, 0.717) is 17.4 Å². The number of pyridine rings is 1. The Balaban J connectivity index is 2.40. The monoisotopic (exact) mass is 283 g/mol. The minimum atomic E-state index is -0.825. The zero-order valence-corrected chi connectivity index (χ0v) is 12.8. The highest BCUT2D eigenvalue weighted by Gasteiger charge is 2.29. The highest BCUT2D eigenvalue weighted by Crippen LogP contribution is 2.39. The average molecular weight is 283 g/mol. The summed E-state index contributed by atoms with van der Waals surface area (Å²) in [4.78, 5) is 16.7. The van der Waals surface area contributed by atoms with E-state index in [4.69, 9.17) is 4.98 Å². The molecule has 0 amide bonds. The Bertz CT molecular complexity index is 719. The van der Waals surface area contributed by atoms with Gasteiger partial charge in [0, 0.05) is 17.0 Å². The Labute approximate surface area is 125 Å². The maximum atomic E-state index is 11.8. The smallest absolute Gasteiger partial charge is 0.336 e. The lowest BCUT2D eigenvalue weighted by molar-refractivity contribution is 0.0697. The van der Waals surface area contributed by atoms with E-state index in [-0.39, 0.29) is 0 Å². The second-order valence-corrected chi connectivity index (χ2v) is 6.37. The zero-order valence-electron chi connectivity index (χ0n) is 12.8. The second kappa shape index (κ2) is 5.14. The van der Waals surface area contributed by atoms with Crippen LogP contribution in [-0.2, 0) is 6.42 Å². The molecule has 0 fully saturated rings. The summed E-state index contributed by atoms with van der Waals surface area (Å²) in [6, 6.07) is 5.81. The van der Waals surface area contributed by atoms with Crippen LogP contribution in [-0.4, -0.2) is 16.1 Å². The van der Waals surface area contributed by atoms with Crippen LogP contribution >= 0.6 is 0 Å². The van der Waals surface area contributed by atoms with Crippen molar-refractivity contribution in [3.8, 4) is 0 Å². The molecule has 110 valence electrons. The van der Waals surface area contributed by atoms with Gasteiger partial charge in [-0.3, -0.25) is 4.98 Å². The summed E-state index contributed by atoms with van der Waals surface area (Å²) in [6.45, 7) is 6.40. The van der Waals surface area contributed by atoms with Crippen molar-refractivity contribution in [2.75, 3.05) is 0 Å². The molecule has 2 aromatic rings. The molecule has 1 atom stereocenters. The molecule has 0 radical (unpaired) electrons. The topological polar surface area (TPSA) is 50.2 Å². The number of carbonyl (C=O) groups is 1. The third-order valence-electron chi connectivity index (χ3n) is 4.66. The van der Waals surface area contributed by atoms with Gasteiger partial charge < -0.3 is 5.11 Å². The van der Waals surface area contributed by atoms with Crippen LogP contribution in [0.1, 0.15) is 59.8 Å². The maximum Gasteiger partial charge on any atom is 0.336 e. The number of fused-ring (bicyclic) bond motifs is 2. The Morgan fingerprint density at radius 1 is 1.38 bits per heavy atom. The molecule has 1 N–H and O–H groups in total. The van der Waals surface area contributed by atoms with Gasteiger partial charge >= 0.3 is 5.97 Å². The van der Waals surface area contributed by atoms with E-state index in [1.54, 1.807) is 0 Å². The molecule has 3 rings (SSSR count). The van der Waals surface area contributed by atoms with Gasteiger partial charge in [-0.15, -0.1) is 0 Å². The molecule has 1 aromatic heterocycles.